The van der Waals surface area contributed by atoms with E-state index >= 15 is 0 Å². The van der Waals surface area contributed by atoms with Crippen LogP contribution in [-0.2, 0) is 0 Å². The van der Waals surface area contributed by atoms with E-state index in [1.165, 1.54) is 0 Å². The predicted molar refractivity (Wildman–Crippen MR) is 85.2 cm³/mol. The zero-order valence-electron chi connectivity index (χ0n) is 13.0. The van der Waals surface area contributed by atoms with Gasteiger partial charge in [-0.3, -0.25) is 10.1 Å². The van der Waals surface area contributed by atoms with Crippen LogP contribution in [0.3, 0.4) is 0 Å². The molecule has 0 saturated carbocycles. The molecule has 114 valence electrons. The second kappa shape index (κ2) is 10.2. The van der Waals surface area contributed by atoms with Crippen LogP contribution in [0.15, 0.2) is 24.3 Å². The number of nitrogens with zero attached hydrogens (tertiary/aromatic N) is 2. The smallest absolute Gasteiger partial charge is 0.269 e. The zero-order valence-corrected chi connectivity index (χ0v) is 13.0. The highest BCUT2D eigenvalue weighted by atomic mass is 16.6. The SMILES string of the molecule is CC.CC.NC1CCN(c2ccc([N+](=O)[O-])cc2)CC1. The van der Waals surface area contributed by atoms with E-state index in [-0.39, 0.29) is 10.6 Å². The van der Waals surface area contributed by atoms with Crippen molar-refractivity contribution in [2.75, 3.05) is 18.0 Å². The van der Waals surface area contributed by atoms with Gasteiger partial charge in [0.05, 0.1) is 4.92 Å². The molecule has 1 aliphatic heterocycles. The lowest BCUT2D eigenvalue weighted by molar-refractivity contribution is -0.384. The number of nitrogens with two attached hydrogens (primary N) is 1. The minimum Gasteiger partial charge on any atom is -0.371 e. The summed E-state index contributed by atoms with van der Waals surface area (Å²) in [4.78, 5) is 12.3. The summed E-state index contributed by atoms with van der Waals surface area (Å²) in [5.74, 6) is 0. The molecule has 5 heteroatoms. The van der Waals surface area contributed by atoms with Gasteiger partial charge in [0.25, 0.3) is 5.69 Å². The lowest BCUT2D eigenvalue weighted by Crippen LogP contribution is -2.39. The van der Waals surface area contributed by atoms with Gasteiger partial charge in [-0.15, -0.1) is 0 Å². The Bertz CT molecular complexity index is 371. The zero-order chi connectivity index (χ0) is 15.5. The fraction of sp³-hybridized carbons (Fsp3) is 0.600. The van der Waals surface area contributed by atoms with Gasteiger partial charge in [0.2, 0.25) is 0 Å². The molecule has 0 spiro atoms. The summed E-state index contributed by atoms with van der Waals surface area (Å²) < 4.78 is 0. The molecule has 1 saturated heterocycles. The maximum absolute atomic E-state index is 10.5. The molecule has 1 aromatic rings. The molecule has 20 heavy (non-hydrogen) atoms. The average Bonchev–Trinajstić information content (AvgIpc) is 2.52. The molecular weight excluding hydrogens is 254 g/mol. The fourth-order valence-corrected chi connectivity index (χ4v) is 1.94. The van der Waals surface area contributed by atoms with Gasteiger partial charge in [0.15, 0.2) is 0 Å². The highest BCUT2D eigenvalue weighted by molar-refractivity contribution is 5.51. The first kappa shape index (κ1) is 18.4. The molecule has 1 heterocycles. The third kappa shape index (κ3) is 5.57. The molecule has 2 rings (SSSR count). The molecular formula is C15H27N3O2. The third-order valence-corrected chi connectivity index (χ3v) is 2.97. The van der Waals surface area contributed by atoms with E-state index in [0.29, 0.717) is 6.04 Å². The number of anilines is 1. The Labute approximate surface area is 121 Å². The fourth-order valence-electron chi connectivity index (χ4n) is 1.94. The van der Waals surface area contributed by atoms with Gasteiger partial charge in [-0.1, -0.05) is 27.7 Å². The number of nitro benzene ring substituents is 1. The van der Waals surface area contributed by atoms with Crippen LogP contribution in [0.25, 0.3) is 0 Å². The van der Waals surface area contributed by atoms with E-state index in [1.807, 2.05) is 27.7 Å². The largest absolute Gasteiger partial charge is 0.371 e. The number of nitro groups is 1. The highest BCUT2D eigenvalue weighted by Gasteiger charge is 2.16. The van der Waals surface area contributed by atoms with Crippen molar-refractivity contribution in [1.82, 2.24) is 0 Å². The number of benzene rings is 1. The molecule has 0 atom stereocenters. The molecule has 0 radical (unpaired) electrons. The summed E-state index contributed by atoms with van der Waals surface area (Å²) in [6.07, 6.45) is 1.97. The Morgan fingerprint density at radius 3 is 1.95 bits per heavy atom. The topological polar surface area (TPSA) is 72.4 Å². The predicted octanol–water partition coefficient (Wildman–Crippen LogP) is 3.57. The van der Waals surface area contributed by atoms with E-state index in [4.69, 9.17) is 5.73 Å². The second-order valence-corrected chi connectivity index (χ2v) is 4.10. The Morgan fingerprint density at radius 1 is 1.10 bits per heavy atom. The van der Waals surface area contributed by atoms with Gasteiger partial charge in [-0.2, -0.15) is 0 Å². The van der Waals surface area contributed by atoms with E-state index in [1.54, 1.807) is 24.3 Å². The highest BCUT2D eigenvalue weighted by Crippen LogP contribution is 2.22. The summed E-state index contributed by atoms with van der Waals surface area (Å²) in [6.45, 7) is 9.86. The molecule has 5 nitrogen and oxygen atoms in total. The molecule has 0 aliphatic carbocycles. The van der Waals surface area contributed by atoms with Crippen LogP contribution >= 0.6 is 0 Å². The maximum Gasteiger partial charge on any atom is 0.269 e. The molecule has 2 N–H and O–H groups in total. The van der Waals surface area contributed by atoms with Crippen LogP contribution in [-0.4, -0.2) is 24.1 Å². The molecule has 1 aromatic carbocycles. The van der Waals surface area contributed by atoms with Crippen LogP contribution in [0.5, 0.6) is 0 Å². The first-order valence-electron chi connectivity index (χ1n) is 7.42. The molecule has 1 aliphatic rings. The van der Waals surface area contributed by atoms with Gasteiger partial charge in [0, 0.05) is 37.0 Å². The number of hydrogen-bond donors (Lipinski definition) is 1. The minimum absolute atomic E-state index is 0.137. The van der Waals surface area contributed by atoms with Crippen LogP contribution in [0.1, 0.15) is 40.5 Å². The number of hydrogen-bond acceptors (Lipinski definition) is 4. The summed E-state index contributed by atoms with van der Waals surface area (Å²) >= 11 is 0. The minimum atomic E-state index is -0.379. The van der Waals surface area contributed by atoms with E-state index in [0.717, 1.165) is 31.6 Å². The first-order valence-corrected chi connectivity index (χ1v) is 7.42. The number of non-ortho nitro benzene ring substituents is 1. The molecule has 0 amide bonds. The van der Waals surface area contributed by atoms with Crippen LogP contribution in [0, 0.1) is 10.1 Å². The van der Waals surface area contributed by atoms with Gasteiger partial charge in [0.1, 0.15) is 0 Å². The van der Waals surface area contributed by atoms with Crippen molar-refractivity contribution in [1.29, 1.82) is 0 Å². The van der Waals surface area contributed by atoms with Crippen molar-refractivity contribution in [3.8, 4) is 0 Å². The molecule has 1 fully saturated rings. The average molecular weight is 281 g/mol. The maximum atomic E-state index is 10.5. The van der Waals surface area contributed by atoms with Crippen LogP contribution in [0.4, 0.5) is 11.4 Å². The van der Waals surface area contributed by atoms with Gasteiger partial charge >= 0.3 is 0 Å². The monoisotopic (exact) mass is 281 g/mol. The Balaban J connectivity index is 0.000000829. The van der Waals surface area contributed by atoms with Crippen LogP contribution in [0.2, 0.25) is 0 Å². The molecule has 0 aromatic heterocycles. The van der Waals surface area contributed by atoms with Crippen molar-refractivity contribution >= 4 is 11.4 Å². The summed E-state index contributed by atoms with van der Waals surface area (Å²) in [6, 6.07) is 6.99. The van der Waals surface area contributed by atoms with Crippen molar-refractivity contribution in [3.05, 3.63) is 34.4 Å². The number of piperidine rings is 1. The quantitative estimate of drug-likeness (QED) is 0.664. The number of rotatable bonds is 2. The normalized spacial score (nSPS) is 14.6. The second-order valence-electron chi connectivity index (χ2n) is 4.10. The van der Waals surface area contributed by atoms with Crippen molar-refractivity contribution in [3.63, 3.8) is 0 Å². The van der Waals surface area contributed by atoms with Gasteiger partial charge < -0.3 is 10.6 Å². The van der Waals surface area contributed by atoms with E-state index in [2.05, 4.69) is 4.90 Å². The Hall–Kier alpha value is -1.62. The Kier molecular flexibility index (Phi) is 9.38. The van der Waals surface area contributed by atoms with Gasteiger partial charge in [-0.25, -0.2) is 0 Å². The summed E-state index contributed by atoms with van der Waals surface area (Å²) in [5, 5.41) is 10.5. The standard InChI is InChI=1S/C11H15N3O2.2C2H6/c12-9-5-7-13(8-6-9)10-1-3-11(4-2-10)14(15)16;2*1-2/h1-4,9H,5-8,12H2;2*1-2H3. The molecule has 0 bridgehead atoms. The van der Waals surface area contributed by atoms with E-state index in [9.17, 15) is 10.1 Å². The summed E-state index contributed by atoms with van der Waals surface area (Å²) in [7, 11) is 0. The Morgan fingerprint density at radius 2 is 1.55 bits per heavy atom. The summed E-state index contributed by atoms with van der Waals surface area (Å²) in [5.41, 5.74) is 7.00. The lowest BCUT2D eigenvalue weighted by atomic mass is 10.1. The van der Waals surface area contributed by atoms with Crippen molar-refractivity contribution in [2.45, 2.75) is 46.6 Å². The first-order chi connectivity index (χ1) is 9.66. The lowest BCUT2D eigenvalue weighted by Gasteiger charge is -2.31. The van der Waals surface area contributed by atoms with E-state index < -0.39 is 0 Å². The molecule has 0 unspecified atom stereocenters. The van der Waals surface area contributed by atoms with Crippen molar-refractivity contribution < 1.29 is 4.92 Å². The van der Waals surface area contributed by atoms with Crippen LogP contribution < -0.4 is 10.6 Å². The van der Waals surface area contributed by atoms with Crippen molar-refractivity contribution in [2.24, 2.45) is 5.73 Å². The third-order valence-electron chi connectivity index (χ3n) is 2.97. The van der Waals surface area contributed by atoms with Gasteiger partial charge in [-0.05, 0) is 25.0 Å².